The smallest absolute Gasteiger partial charge is 0.303 e. The fraction of sp³-hybridized carbons (Fsp3) is 0.667. The van der Waals surface area contributed by atoms with Crippen LogP contribution in [0.15, 0.2) is 48.0 Å². The molecular formula is C27H36O4. The summed E-state index contributed by atoms with van der Waals surface area (Å²) >= 11 is 0. The van der Waals surface area contributed by atoms with Crippen molar-refractivity contribution in [3.63, 3.8) is 0 Å². The van der Waals surface area contributed by atoms with Crippen molar-refractivity contribution in [1.29, 1.82) is 0 Å². The van der Waals surface area contributed by atoms with Gasteiger partial charge in [-0.1, -0.05) is 32.1 Å². The molecule has 0 radical (unpaired) electrons. The number of carbonyl (C=O) groups excluding carboxylic acids is 1. The summed E-state index contributed by atoms with van der Waals surface area (Å²) in [5.74, 6) is 1.63. The van der Waals surface area contributed by atoms with E-state index >= 15 is 0 Å². The Labute approximate surface area is 186 Å². The largest absolute Gasteiger partial charge is 0.465 e. The summed E-state index contributed by atoms with van der Waals surface area (Å²) in [6, 6.07) is 0. The molecular weight excluding hydrogens is 388 g/mol. The van der Waals surface area contributed by atoms with Crippen molar-refractivity contribution < 1.29 is 19.4 Å². The van der Waals surface area contributed by atoms with Gasteiger partial charge in [0.15, 0.2) is 0 Å². The second kappa shape index (κ2) is 7.10. The Morgan fingerprint density at radius 2 is 1.94 bits per heavy atom. The minimum Gasteiger partial charge on any atom is -0.465 e. The highest BCUT2D eigenvalue weighted by molar-refractivity contribution is 5.66. The van der Waals surface area contributed by atoms with Crippen LogP contribution in [0.1, 0.15) is 72.1 Å². The molecule has 0 spiro atoms. The van der Waals surface area contributed by atoms with Gasteiger partial charge >= 0.3 is 5.97 Å². The van der Waals surface area contributed by atoms with Crippen LogP contribution in [0.25, 0.3) is 0 Å². The van der Waals surface area contributed by atoms with Gasteiger partial charge in [0, 0.05) is 12.3 Å². The Hall–Kier alpha value is -1.81. The molecule has 0 aromatic carbocycles. The highest BCUT2D eigenvalue weighted by Gasteiger charge is 2.66. The zero-order chi connectivity index (χ0) is 22.0. The number of rotatable bonds is 2. The van der Waals surface area contributed by atoms with E-state index in [0.717, 1.165) is 51.4 Å². The highest BCUT2D eigenvalue weighted by Crippen LogP contribution is 2.69. The van der Waals surface area contributed by atoms with Crippen LogP contribution >= 0.6 is 0 Å². The van der Waals surface area contributed by atoms with Gasteiger partial charge in [-0.15, -0.1) is 0 Å². The molecule has 3 fully saturated rings. The number of fused-ring (bicyclic) bond motifs is 5. The standard InChI is InChI=1S/C27H36O4/c1-17-5-6-19(16-30-17)22-11-14-27(29)24-8-7-20-15-21(31-18(2)28)9-12-25(20,3)23(24)10-13-26(22,27)4/h5-6,15-16,21-24,29H,1,7-14H2,2-4H3/t21-,22+,23-,24+,25-,26+,27-/m0/s1. The Morgan fingerprint density at radius 1 is 1.13 bits per heavy atom. The second-order valence-electron chi connectivity index (χ2n) is 11.1. The van der Waals surface area contributed by atoms with E-state index < -0.39 is 5.60 Å². The number of hydrogen-bond donors (Lipinski definition) is 1. The molecule has 1 heterocycles. The highest BCUT2D eigenvalue weighted by atomic mass is 16.5. The van der Waals surface area contributed by atoms with Crippen LogP contribution in [-0.4, -0.2) is 22.8 Å². The van der Waals surface area contributed by atoms with E-state index in [1.807, 2.05) is 12.3 Å². The molecule has 0 unspecified atom stereocenters. The van der Waals surface area contributed by atoms with Crippen LogP contribution in [0.5, 0.6) is 0 Å². The zero-order valence-corrected chi connectivity index (χ0v) is 19.2. The minimum absolute atomic E-state index is 0.0790. The second-order valence-corrected chi connectivity index (χ2v) is 11.1. The van der Waals surface area contributed by atoms with Gasteiger partial charge in [-0.05, 0) is 92.3 Å². The number of allylic oxidation sites excluding steroid dienone is 4. The van der Waals surface area contributed by atoms with Gasteiger partial charge in [-0.3, -0.25) is 4.79 Å². The number of carbonyl (C=O) groups is 1. The Bertz CT molecular complexity index is 897. The molecule has 1 N–H and O–H groups in total. The number of hydrogen-bond acceptors (Lipinski definition) is 4. The van der Waals surface area contributed by atoms with Crippen LogP contribution in [0.4, 0.5) is 0 Å². The first kappa shape index (κ1) is 21.1. The topological polar surface area (TPSA) is 55.8 Å². The third kappa shape index (κ3) is 3.01. The predicted octanol–water partition coefficient (Wildman–Crippen LogP) is 5.60. The molecule has 4 nitrogen and oxygen atoms in total. The molecule has 168 valence electrons. The Kier molecular flexibility index (Phi) is 4.82. The monoisotopic (exact) mass is 424 g/mol. The first-order valence-corrected chi connectivity index (χ1v) is 12.0. The minimum atomic E-state index is -0.634. The lowest BCUT2D eigenvalue weighted by molar-refractivity contribution is -0.182. The molecule has 1 aliphatic heterocycles. The maximum Gasteiger partial charge on any atom is 0.303 e. The first-order valence-electron chi connectivity index (χ1n) is 12.0. The van der Waals surface area contributed by atoms with E-state index in [1.165, 1.54) is 18.1 Å². The molecule has 3 saturated carbocycles. The van der Waals surface area contributed by atoms with Crippen molar-refractivity contribution in [2.24, 2.45) is 28.6 Å². The molecule has 4 aliphatic carbocycles. The van der Waals surface area contributed by atoms with Crippen molar-refractivity contribution in [3.05, 3.63) is 48.0 Å². The summed E-state index contributed by atoms with van der Waals surface area (Å²) in [4.78, 5) is 11.5. The third-order valence-corrected chi connectivity index (χ3v) is 9.79. The average molecular weight is 425 g/mol. The van der Waals surface area contributed by atoms with Crippen molar-refractivity contribution >= 4 is 5.97 Å². The van der Waals surface area contributed by atoms with Gasteiger partial charge in [0.05, 0.1) is 11.9 Å². The molecule has 4 heteroatoms. The molecule has 0 aromatic heterocycles. The molecule has 0 bridgehead atoms. The van der Waals surface area contributed by atoms with Crippen LogP contribution in [0, 0.1) is 28.6 Å². The van der Waals surface area contributed by atoms with Crippen LogP contribution < -0.4 is 0 Å². The lowest BCUT2D eigenvalue weighted by Crippen LogP contribution is -2.60. The molecule has 31 heavy (non-hydrogen) atoms. The van der Waals surface area contributed by atoms with Crippen LogP contribution in [-0.2, 0) is 14.3 Å². The number of esters is 1. The average Bonchev–Trinajstić information content (AvgIpc) is 3.00. The summed E-state index contributed by atoms with van der Waals surface area (Å²) < 4.78 is 11.1. The predicted molar refractivity (Wildman–Crippen MR) is 120 cm³/mol. The van der Waals surface area contributed by atoms with E-state index in [-0.39, 0.29) is 22.9 Å². The van der Waals surface area contributed by atoms with Gasteiger partial charge in [0.25, 0.3) is 0 Å². The maximum atomic E-state index is 12.3. The normalized spacial score (nSPS) is 46.1. The number of aliphatic hydroxyl groups is 1. The zero-order valence-electron chi connectivity index (χ0n) is 19.2. The van der Waals surface area contributed by atoms with E-state index in [0.29, 0.717) is 23.5 Å². The van der Waals surface area contributed by atoms with Gasteiger partial charge in [-0.2, -0.15) is 0 Å². The third-order valence-electron chi connectivity index (χ3n) is 9.79. The van der Waals surface area contributed by atoms with E-state index in [2.05, 4.69) is 32.6 Å². The maximum absolute atomic E-state index is 12.3. The molecule has 5 aliphatic rings. The van der Waals surface area contributed by atoms with Crippen molar-refractivity contribution in [1.82, 2.24) is 0 Å². The van der Waals surface area contributed by atoms with Gasteiger partial charge in [0.2, 0.25) is 0 Å². The Morgan fingerprint density at radius 3 is 2.65 bits per heavy atom. The lowest BCUT2D eigenvalue weighted by Gasteiger charge is -2.62. The van der Waals surface area contributed by atoms with E-state index in [9.17, 15) is 9.90 Å². The van der Waals surface area contributed by atoms with Crippen LogP contribution in [0.3, 0.4) is 0 Å². The fourth-order valence-electron chi connectivity index (χ4n) is 8.12. The fourth-order valence-corrected chi connectivity index (χ4v) is 8.12. The molecule has 0 saturated heterocycles. The number of ether oxygens (including phenoxy) is 2. The first-order chi connectivity index (χ1) is 14.7. The molecule has 0 aromatic rings. The van der Waals surface area contributed by atoms with Gasteiger partial charge in [0.1, 0.15) is 11.9 Å². The van der Waals surface area contributed by atoms with Crippen molar-refractivity contribution in [2.45, 2.75) is 83.8 Å². The summed E-state index contributed by atoms with van der Waals surface area (Å²) in [7, 11) is 0. The van der Waals surface area contributed by atoms with Crippen molar-refractivity contribution in [3.8, 4) is 0 Å². The van der Waals surface area contributed by atoms with E-state index in [4.69, 9.17) is 9.47 Å². The van der Waals surface area contributed by atoms with E-state index in [1.54, 1.807) is 0 Å². The van der Waals surface area contributed by atoms with Gasteiger partial charge in [-0.25, -0.2) is 0 Å². The van der Waals surface area contributed by atoms with Crippen molar-refractivity contribution in [2.75, 3.05) is 0 Å². The summed E-state index contributed by atoms with van der Waals surface area (Å²) in [5.41, 5.74) is 2.01. The SMILES string of the molecule is C=C1C=CC([C@H]2CC[C@]3(O)[C@@H]4CCC5=C[C@@H](OC(C)=O)CC[C@]5(C)[C@H]4CC[C@]23C)=CO1. The quantitative estimate of drug-likeness (QED) is 0.463. The van der Waals surface area contributed by atoms with Gasteiger partial charge < -0.3 is 14.6 Å². The summed E-state index contributed by atoms with van der Waals surface area (Å²) in [5, 5.41) is 12.3. The summed E-state index contributed by atoms with van der Waals surface area (Å²) in [6.07, 6.45) is 16.1. The molecule has 5 rings (SSSR count). The Balaban J connectivity index is 1.43. The molecule has 0 amide bonds. The molecule has 7 atom stereocenters. The summed E-state index contributed by atoms with van der Waals surface area (Å²) in [6.45, 7) is 10.1. The van der Waals surface area contributed by atoms with Crippen LogP contribution in [0.2, 0.25) is 0 Å². The lowest BCUT2D eigenvalue weighted by atomic mass is 9.45.